The SMILES string of the molecule is CC(C)(C(=O)O)N1CCNC(=O)C1. The number of carbonyl (C=O) groups excluding carboxylic acids is 1. The van der Waals surface area contributed by atoms with Crippen LogP contribution in [0.4, 0.5) is 0 Å². The summed E-state index contributed by atoms with van der Waals surface area (Å²) < 4.78 is 0. The molecule has 1 aliphatic heterocycles. The molecule has 0 aromatic heterocycles. The van der Waals surface area contributed by atoms with Gasteiger partial charge in [0.2, 0.25) is 5.91 Å². The first-order valence-electron chi connectivity index (χ1n) is 4.20. The lowest BCUT2D eigenvalue weighted by molar-refractivity contribution is -0.151. The Morgan fingerprint density at radius 3 is 2.69 bits per heavy atom. The second-order valence-corrected chi connectivity index (χ2v) is 3.64. The number of hydrogen-bond donors (Lipinski definition) is 2. The van der Waals surface area contributed by atoms with Gasteiger partial charge in [0.05, 0.1) is 6.54 Å². The van der Waals surface area contributed by atoms with Crippen molar-refractivity contribution in [2.75, 3.05) is 19.6 Å². The zero-order valence-corrected chi connectivity index (χ0v) is 7.83. The minimum Gasteiger partial charge on any atom is -0.480 e. The summed E-state index contributed by atoms with van der Waals surface area (Å²) in [6.07, 6.45) is 0. The minimum absolute atomic E-state index is 0.111. The maximum absolute atomic E-state index is 11.0. The number of piperazine rings is 1. The molecule has 0 aromatic rings. The number of carboxylic acids is 1. The molecule has 0 bridgehead atoms. The van der Waals surface area contributed by atoms with Crippen molar-refractivity contribution in [3.63, 3.8) is 0 Å². The molecule has 0 aromatic carbocycles. The van der Waals surface area contributed by atoms with Crippen LogP contribution < -0.4 is 5.32 Å². The highest BCUT2D eigenvalue weighted by molar-refractivity contribution is 5.82. The van der Waals surface area contributed by atoms with Crippen molar-refractivity contribution in [3.05, 3.63) is 0 Å². The number of amides is 1. The second kappa shape index (κ2) is 3.33. The number of carboxylic acid groups (broad SMARTS) is 1. The van der Waals surface area contributed by atoms with Crippen LogP contribution in [0, 0.1) is 0 Å². The van der Waals surface area contributed by atoms with Gasteiger partial charge >= 0.3 is 5.97 Å². The number of nitrogens with one attached hydrogen (secondary N) is 1. The van der Waals surface area contributed by atoms with Gasteiger partial charge in [-0.1, -0.05) is 0 Å². The Morgan fingerprint density at radius 1 is 1.62 bits per heavy atom. The first-order chi connectivity index (χ1) is 5.94. The normalized spacial score (nSPS) is 19.7. The number of nitrogens with zero attached hydrogens (tertiary/aromatic N) is 1. The van der Waals surface area contributed by atoms with E-state index in [2.05, 4.69) is 5.32 Å². The van der Waals surface area contributed by atoms with E-state index in [0.717, 1.165) is 0 Å². The summed E-state index contributed by atoms with van der Waals surface area (Å²) in [6.45, 7) is 4.49. The molecule has 1 aliphatic rings. The van der Waals surface area contributed by atoms with Gasteiger partial charge in [-0.2, -0.15) is 0 Å². The van der Waals surface area contributed by atoms with Crippen molar-refractivity contribution >= 4 is 11.9 Å². The molecule has 0 saturated carbocycles. The lowest BCUT2D eigenvalue weighted by atomic mass is 10.0. The van der Waals surface area contributed by atoms with Crippen LogP contribution in [0.25, 0.3) is 0 Å². The molecule has 0 aliphatic carbocycles. The molecule has 1 fully saturated rings. The predicted octanol–water partition coefficient (Wildman–Crippen LogP) is -0.719. The summed E-state index contributed by atoms with van der Waals surface area (Å²) in [4.78, 5) is 23.5. The Bertz CT molecular complexity index is 238. The molecule has 1 rings (SSSR count). The fourth-order valence-electron chi connectivity index (χ4n) is 1.25. The van der Waals surface area contributed by atoms with E-state index < -0.39 is 11.5 Å². The predicted molar refractivity (Wildman–Crippen MR) is 46.3 cm³/mol. The molecule has 5 heteroatoms. The Kier molecular flexibility index (Phi) is 2.56. The van der Waals surface area contributed by atoms with Crippen LogP contribution in [-0.2, 0) is 9.59 Å². The number of rotatable bonds is 2. The zero-order chi connectivity index (χ0) is 10.1. The van der Waals surface area contributed by atoms with Gasteiger partial charge in [0.15, 0.2) is 0 Å². The van der Waals surface area contributed by atoms with Crippen molar-refractivity contribution in [2.24, 2.45) is 0 Å². The van der Waals surface area contributed by atoms with Gasteiger partial charge in [-0.15, -0.1) is 0 Å². The molecule has 13 heavy (non-hydrogen) atoms. The summed E-state index contributed by atoms with van der Waals surface area (Å²) in [5.74, 6) is -1.01. The number of carbonyl (C=O) groups is 2. The minimum atomic E-state index is -0.961. The highest BCUT2D eigenvalue weighted by atomic mass is 16.4. The van der Waals surface area contributed by atoms with Gasteiger partial charge in [0.25, 0.3) is 0 Å². The molecular formula is C8H14N2O3. The average molecular weight is 186 g/mol. The Hall–Kier alpha value is -1.10. The van der Waals surface area contributed by atoms with E-state index in [1.165, 1.54) is 0 Å². The van der Waals surface area contributed by atoms with E-state index in [9.17, 15) is 9.59 Å². The fourth-order valence-corrected chi connectivity index (χ4v) is 1.25. The smallest absolute Gasteiger partial charge is 0.323 e. The van der Waals surface area contributed by atoms with Crippen LogP contribution in [0.5, 0.6) is 0 Å². The van der Waals surface area contributed by atoms with Gasteiger partial charge in [0, 0.05) is 13.1 Å². The Balaban J connectivity index is 2.70. The summed E-state index contributed by atoms with van der Waals surface area (Å²) in [5, 5.41) is 11.6. The Morgan fingerprint density at radius 2 is 2.23 bits per heavy atom. The standard InChI is InChI=1S/C8H14N2O3/c1-8(2,7(12)13)10-4-3-9-6(11)5-10/h3-5H2,1-2H3,(H,9,11)(H,12,13). The maximum Gasteiger partial charge on any atom is 0.323 e. The average Bonchev–Trinajstić information content (AvgIpc) is 2.04. The molecule has 2 N–H and O–H groups in total. The van der Waals surface area contributed by atoms with Gasteiger partial charge in [-0.25, -0.2) is 0 Å². The summed E-state index contributed by atoms with van der Waals surface area (Å²) in [6, 6.07) is 0. The van der Waals surface area contributed by atoms with Gasteiger partial charge in [-0.3, -0.25) is 14.5 Å². The van der Waals surface area contributed by atoms with E-state index in [1.807, 2.05) is 0 Å². The first kappa shape index (κ1) is 9.98. The van der Waals surface area contributed by atoms with Crippen LogP contribution in [-0.4, -0.2) is 47.1 Å². The second-order valence-electron chi connectivity index (χ2n) is 3.64. The highest BCUT2D eigenvalue weighted by Gasteiger charge is 2.36. The molecule has 1 heterocycles. The largest absolute Gasteiger partial charge is 0.480 e. The van der Waals surface area contributed by atoms with E-state index in [-0.39, 0.29) is 12.5 Å². The van der Waals surface area contributed by atoms with Crippen molar-refractivity contribution in [2.45, 2.75) is 19.4 Å². The lowest BCUT2D eigenvalue weighted by Crippen LogP contribution is -2.58. The number of hydrogen-bond acceptors (Lipinski definition) is 3. The summed E-state index contributed by atoms with van der Waals surface area (Å²) >= 11 is 0. The maximum atomic E-state index is 11.0. The fraction of sp³-hybridized carbons (Fsp3) is 0.750. The van der Waals surface area contributed by atoms with Crippen LogP contribution in [0.1, 0.15) is 13.8 Å². The third-order valence-electron chi connectivity index (χ3n) is 2.35. The van der Waals surface area contributed by atoms with E-state index in [4.69, 9.17) is 5.11 Å². The van der Waals surface area contributed by atoms with E-state index in [1.54, 1.807) is 18.7 Å². The van der Waals surface area contributed by atoms with E-state index >= 15 is 0 Å². The van der Waals surface area contributed by atoms with E-state index in [0.29, 0.717) is 13.1 Å². The van der Waals surface area contributed by atoms with Crippen LogP contribution in [0.2, 0.25) is 0 Å². The third-order valence-corrected chi connectivity index (χ3v) is 2.35. The van der Waals surface area contributed by atoms with Gasteiger partial charge in [0.1, 0.15) is 5.54 Å². The molecule has 0 spiro atoms. The lowest BCUT2D eigenvalue weighted by Gasteiger charge is -2.37. The van der Waals surface area contributed by atoms with Crippen molar-refractivity contribution in [3.8, 4) is 0 Å². The topological polar surface area (TPSA) is 69.6 Å². The quantitative estimate of drug-likeness (QED) is 0.597. The molecular weight excluding hydrogens is 172 g/mol. The zero-order valence-electron chi connectivity index (χ0n) is 7.83. The first-order valence-corrected chi connectivity index (χ1v) is 4.20. The van der Waals surface area contributed by atoms with Gasteiger partial charge in [-0.05, 0) is 13.8 Å². The summed E-state index contributed by atoms with van der Waals surface area (Å²) in [5.41, 5.74) is -0.961. The third kappa shape index (κ3) is 1.98. The van der Waals surface area contributed by atoms with Crippen LogP contribution >= 0.6 is 0 Å². The molecule has 1 amide bonds. The van der Waals surface area contributed by atoms with Crippen molar-refractivity contribution in [1.82, 2.24) is 10.2 Å². The summed E-state index contributed by atoms with van der Waals surface area (Å²) in [7, 11) is 0. The molecule has 74 valence electrons. The highest BCUT2D eigenvalue weighted by Crippen LogP contribution is 2.14. The van der Waals surface area contributed by atoms with Gasteiger partial charge < -0.3 is 10.4 Å². The molecule has 0 atom stereocenters. The van der Waals surface area contributed by atoms with Crippen molar-refractivity contribution < 1.29 is 14.7 Å². The number of aliphatic carboxylic acids is 1. The molecule has 5 nitrogen and oxygen atoms in total. The monoisotopic (exact) mass is 186 g/mol. The molecule has 0 unspecified atom stereocenters. The molecule has 1 saturated heterocycles. The van der Waals surface area contributed by atoms with Crippen molar-refractivity contribution in [1.29, 1.82) is 0 Å². The van der Waals surface area contributed by atoms with Crippen LogP contribution in [0.15, 0.2) is 0 Å². The van der Waals surface area contributed by atoms with Crippen LogP contribution in [0.3, 0.4) is 0 Å². The Labute approximate surface area is 76.7 Å². The molecule has 0 radical (unpaired) electrons.